The summed E-state index contributed by atoms with van der Waals surface area (Å²) in [5.41, 5.74) is 3.11. The van der Waals surface area contributed by atoms with Crippen molar-refractivity contribution >= 4 is 28.6 Å². The molecule has 2 aliphatic heterocycles. The monoisotopic (exact) mass is 464 g/mol. The molecule has 7 nitrogen and oxygen atoms in total. The van der Waals surface area contributed by atoms with Gasteiger partial charge in [-0.3, -0.25) is 9.69 Å². The number of imidazole rings is 1. The lowest BCUT2D eigenvalue weighted by Crippen LogP contribution is -2.47. The molecule has 8 heteroatoms. The number of carbonyl (C=O) groups is 1. The molecule has 0 radical (unpaired) electrons. The van der Waals surface area contributed by atoms with E-state index in [0.29, 0.717) is 0 Å². The van der Waals surface area contributed by atoms with Gasteiger partial charge in [0.05, 0.1) is 11.0 Å². The van der Waals surface area contributed by atoms with Crippen LogP contribution in [0, 0.1) is 11.7 Å². The Bertz CT molecular complexity index is 1050. The van der Waals surface area contributed by atoms with E-state index in [1.165, 1.54) is 12.1 Å². The zero-order valence-electron chi connectivity index (χ0n) is 19.5. The Kier molecular flexibility index (Phi) is 6.94. The van der Waals surface area contributed by atoms with E-state index < -0.39 is 0 Å². The fourth-order valence-electron chi connectivity index (χ4n) is 4.98. The molecule has 0 spiro atoms. The Hall–Kier alpha value is -3.13. The standard InChI is InChI=1S/C26H33FN6O/c27-21-6-8-22(9-7-21)32-18-16-31(17-19-32)13-3-12-28-25(34)20-10-14-33(15-11-20)26-29-23-4-1-2-5-24(23)30-26/h1-2,4-9,20H,3,10-19H2,(H,28,34)(H,29,30). The van der Waals surface area contributed by atoms with Gasteiger partial charge in [0.1, 0.15) is 5.82 Å². The Labute approximate surface area is 199 Å². The molecule has 0 atom stereocenters. The fraction of sp³-hybridized carbons (Fsp3) is 0.462. The number of halogens is 1. The molecule has 2 aliphatic rings. The van der Waals surface area contributed by atoms with Crippen LogP contribution in [0.3, 0.4) is 0 Å². The summed E-state index contributed by atoms with van der Waals surface area (Å²) in [6, 6.07) is 14.8. The van der Waals surface area contributed by atoms with Crippen molar-refractivity contribution in [2.75, 3.05) is 62.2 Å². The first-order valence-electron chi connectivity index (χ1n) is 12.4. The summed E-state index contributed by atoms with van der Waals surface area (Å²) >= 11 is 0. The molecule has 3 heterocycles. The summed E-state index contributed by atoms with van der Waals surface area (Å²) in [5.74, 6) is 0.978. The zero-order valence-corrected chi connectivity index (χ0v) is 19.5. The van der Waals surface area contributed by atoms with Gasteiger partial charge in [-0.2, -0.15) is 0 Å². The lowest BCUT2D eigenvalue weighted by atomic mass is 9.96. The molecule has 2 aromatic carbocycles. The number of rotatable bonds is 7. The fourth-order valence-corrected chi connectivity index (χ4v) is 4.98. The van der Waals surface area contributed by atoms with Crippen molar-refractivity contribution in [3.63, 3.8) is 0 Å². The number of H-pyrrole nitrogens is 1. The van der Waals surface area contributed by atoms with Crippen LogP contribution in [-0.4, -0.2) is 73.1 Å². The average molecular weight is 465 g/mol. The van der Waals surface area contributed by atoms with Gasteiger partial charge < -0.3 is 20.1 Å². The van der Waals surface area contributed by atoms with Crippen LogP contribution in [-0.2, 0) is 4.79 Å². The van der Waals surface area contributed by atoms with E-state index in [1.807, 2.05) is 36.4 Å². The number of carbonyl (C=O) groups excluding carboxylic acids is 1. The normalized spacial score (nSPS) is 17.9. The van der Waals surface area contributed by atoms with Crippen LogP contribution in [0.15, 0.2) is 48.5 Å². The maximum Gasteiger partial charge on any atom is 0.223 e. The molecule has 5 rings (SSSR count). The second kappa shape index (κ2) is 10.4. The van der Waals surface area contributed by atoms with Gasteiger partial charge >= 0.3 is 0 Å². The summed E-state index contributed by atoms with van der Waals surface area (Å²) in [5, 5.41) is 3.15. The number of nitrogens with one attached hydrogen (secondary N) is 2. The van der Waals surface area contributed by atoms with Crippen molar-refractivity contribution in [1.29, 1.82) is 0 Å². The molecular formula is C26H33FN6O. The largest absolute Gasteiger partial charge is 0.369 e. The van der Waals surface area contributed by atoms with Crippen molar-refractivity contribution < 1.29 is 9.18 Å². The summed E-state index contributed by atoms with van der Waals surface area (Å²) < 4.78 is 13.1. The van der Waals surface area contributed by atoms with E-state index >= 15 is 0 Å². The minimum Gasteiger partial charge on any atom is -0.369 e. The number of aromatic amines is 1. The molecule has 0 bridgehead atoms. The SMILES string of the molecule is O=C(NCCCN1CCN(c2ccc(F)cc2)CC1)C1CCN(c2nc3ccccc3[nH]2)CC1. The number of piperazine rings is 1. The van der Waals surface area contributed by atoms with Crippen molar-refractivity contribution in [3.05, 3.63) is 54.3 Å². The summed E-state index contributed by atoms with van der Waals surface area (Å²) in [6.45, 7) is 7.27. The number of amides is 1. The van der Waals surface area contributed by atoms with Gasteiger partial charge in [0.25, 0.3) is 0 Å². The summed E-state index contributed by atoms with van der Waals surface area (Å²) in [6.07, 6.45) is 2.67. The highest BCUT2D eigenvalue weighted by Gasteiger charge is 2.26. The van der Waals surface area contributed by atoms with Gasteiger partial charge in [0.15, 0.2) is 0 Å². The first-order chi connectivity index (χ1) is 16.7. The van der Waals surface area contributed by atoms with E-state index in [-0.39, 0.29) is 17.6 Å². The van der Waals surface area contributed by atoms with Crippen LogP contribution in [0.2, 0.25) is 0 Å². The smallest absolute Gasteiger partial charge is 0.223 e. The third-order valence-electron chi connectivity index (χ3n) is 7.06. The molecule has 0 saturated carbocycles. The minimum atomic E-state index is -0.193. The molecule has 180 valence electrons. The van der Waals surface area contributed by atoms with Crippen molar-refractivity contribution in [3.8, 4) is 0 Å². The highest BCUT2D eigenvalue weighted by atomic mass is 19.1. The molecule has 34 heavy (non-hydrogen) atoms. The predicted molar refractivity (Wildman–Crippen MR) is 134 cm³/mol. The molecule has 2 saturated heterocycles. The molecule has 3 aromatic rings. The van der Waals surface area contributed by atoms with Gasteiger partial charge in [0, 0.05) is 57.4 Å². The van der Waals surface area contributed by atoms with Gasteiger partial charge in [-0.25, -0.2) is 9.37 Å². The number of para-hydroxylation sites is 2. The summed E-state index contributed by atoms with van der Waals surface area (Å²) in [4.78, 5) is 27.7. The van der Waals surface area contributed by atoms with Gasteiger partial charge in [0.2, 0.25) is 11.9 Å². The van der Waals surface area contributed by atoms with Crippen LogP contribution < -0.4 is 15.1 Å². The van der Waals surface area contributed by atoms with Gasteiger partial charge in [-0.05, 0) is 62.2 Å². The number of fused-ring (bicyclic) bond motifs is 1. The predicted octanol–water partition coefficient (Wildman–Crippen LogP) is 3.25. The molecular weight excluding hydrogens is 431 g/mol. The van der Waals surface area contributed by atoms with Crippen molar-refractivity contribution in [2.45, 2.75) is 19.3 Å². The van der Waals surface area contributed by atoms with Crippen molar-refractivity contribution in [1.82, 2.24) is 20.2 Å². The minimum absolute atomic E-state index is 0.0832. The number of hydrogen-bond acceptors (Lipinski definition) is 5. The van der Waals surface area contributed by atoms with Crippen LogP contribution in [0.25, 0.3) is 11.0 Å². The maximum atomic E-state index is 13.1. The van der Waals surface area contributed by atoms with E-state index in [4.69, 9.17) is 0 Å². The lowest BCUT2D eigenvalue weighted by molar-refractivity contribution is -0.125. The van der Waals surface area contributed by atoms with E-state index in [1.54, 1.807) is 0 Å². The Morgan fingerprint density at radius 3 is 2.44 bits per heavy atom. The van der Waals surface area contributed by atoms with Crippen molar-refractivity contribution in [2.24, 2.45) is 5.92 Å². The van der Waals surface area contributed by atoms with Crippen LogP contribution in [0.5, 0.6) is 0 Å². The quantitative estimate of drug-likeness (QED) is 0.526. The van der Waals surface area contributed by atoms with Gasteiger partial charge in [-0.15, -0.1) is 0 Å². The molecule has 1 amide bonds. The lowest BCUT2D eigenvalue weighted by Gasteiger charge is -2.36. The number of hydrogen-bond donors (Lipinski definition) is 2. The third kappa shape index (κ3) is 5.33. The first-order valence-corrected chi connectivity index (χ1v) is 12.4. The second-order valence-corrected chi connectivity index (χ2v) is 9.29. The molecule has 0 aliphatic carbocycles. The number of piperidine rings is 1. The Morgan fingerprint density at radius 1 is 0.971 bits per heavy atom. The molecule has 2 N–H and O–H groups in total. The number of nitrogens with zero attached hydrogens (tertiary/aromatic N) is 4. The van der Waals surface area contributed by atoms with Gasteiger partial charge in [-0.1, -0.05) is 12.1 Å². The van der Waals surface area contributed by atoms with Crippen LogP contribution in [0.4, 0.5) is 16.0 Å². The summed E-state index contributed by atoms with van der Waals surface area (Å²) in [7, 11) is 0. The van der Waals surface area contributed by atoms with Crippen LogP contribution in [0.1, 0.15) is 19.3 Å². The molecule has 2 fully saturated rings. The zero-order chi connectivity index (χ0) is 23.3. The van der Waals surface area contributed by atoms with Crippen LogP contribution >= 0.6 is 0 Å². The first kappa shape index (κ1) is 22.7. The third-order valence-corrected chi connectivity index (χ3v) is 7.06. The highest BCUT2D eigenvalue weighted by molar-refractivity contribution is 5.79. The average Bonchev–Trinajstić information content (AvgIpc) is 3.32. The molecule has 0 unspecified atom stereocenters. The van der Waals surface area contributed by atoms with E-state index in [2.05, 4.69) is 30.0 Å². The number of anilines is 2. The second-order valence-electron chi connectivity index (χ2n) is 9.29. The Balaban J connectivity index is 0.983. The maximum absolute atomic E-state index is 13.1. The van der Waals surface area contributed by atoms with E-state index in [9.17, 15) is 9.18 Å². The highest BCUT2D eigenvalue weighted by Crippen LogP contribution is 2.23. The topological polar surface area (TPSA) is 67.5 Å². The van der Waals surface area contributed by atoms with E-state index in [0.717, 1.165) is 94.3 Å². The Morgan fingerprint density at radius 2 is 1.71 bits per heavy atom. The molecule has 1 aromatic heterocycles. The number of benzene rings is 2. The number of aromatic nitrogens is 2.